The average molecular weight is 228 g/mol. The number of hydrogen-bond acceptors (Lipinski definition) is 2. The Kier molecular flexibility index (Phi) is 1.98. The van der Waals surface area contributed by atoms with Crippen molar-refractivity contribution < 1.29 is 0 Å². The highest BCUT2D eigenvalue weighted by atomic mass is 16.1. The van der Waals surface area contributed by atoms with Gasteiger partial charge in [-0.25, -0.2) is 0 Å². The van der Waals surface area contributed by atoms with Crippen LogP contribution in [0.4, 0.5) is 0 Å². The Hall–Kier alpha value is -1.61. The summed E-state index contributed by atoms with van der Waals surface area (Å²) in [5.41, 5.74) is 2.19. The minimum absolute atomic E-state index is 0.0187. The topological polar surface area (TPSA) is 35.9 Å². The molecular weight excluding hydrogens is 212 g/mol. The van der Waals surface area contributed by atoms with Crippen molar-refractivity contribution in [3.63, 3.8) is 0 Å². The molecule has 1 N–H and O–H groups in total. The standard InChI is InChI=1S/C14H16N2O/c1-14(2)13(16(14)3)10-8-12(17)15-11-7-5-4-6-9(10)11/h4-8,13H,1-3H3,(H,15,17)/t13-,16?/m1/s1. The number of aromatic nitrogens is 1. The SMILES string of the molecule is CN1[C@H](c2cc(=O)[nH]c3ccccc23)C1(C)C. The third-order valence-corrected chi connectivity index (χ3v) is 3.97. The Bertz CT molecular complexity index is 642. The Morgan fingerprint density at radius 3 is 2.59 bits per heavy atom. The van der Waals surface area contributed by atoms with Gasteiger partial charge in [0.2, 0.25) is 5.56 Å². The van der Waals surface area contributed by atoms with E-state index in [2.05, 4.69) is 36.8 Å². The molecule has 0 radical (unpaired) electrons. The van der Waals surface area contributed by atoms with Crippen LogP contribution in [-0.4, -0.2) is 22.5 Å². The summed E-state index contributed by atoms with van der Waals surface area (Å²) in [6.07, 6.45) is 0. The van der Waals surface area contributed by atoms with Crippen LogP contribution >= 0.6 is 0 Å². The number of fused-ring (bicyclic) bond motifs is 1. The first kappa shape index (κ1) is 10.5. The van der Waals surface area contributed by atoms with E-state index in [1.165, 1.54) is 0 Å². The van der Waals surface area contributed by atoms with E-state index in [4.69, 9.17) is 0 Å². The maximum Gasteiger partial charge on any atom is 0.248 e. The number of rotatable bonds is 1. The van der Waals surface area contributed by atoms with Gasteiger partial charge in [0, 0.05) is 22.5 Å². The number of H-pyrrole nitrogens is 1. The van der Waals surface area contributed by atoms with Gasteiger partial charge in [-0.2, -0.15) is 0 Å². The number of aromatic amines is 1. The summed E-state index contributed by atoms with van der Waals surface area (Å²) >= 11 is 0. The summed E-state index contributed by atoms with van der Waals surface area (Å²) in [7, 11) is 2.10. The van der Waals surface area contributed by atoms with Gasteiger partial charge in [0.25, 0.3) is 0 Å². The lowest BCUT2D eigenvalue weighted by atomic mass is 9.99. The highest BCUT2D eigenvalue weighted by molar-refractivity contribution is 5.83. The highest BCUT2D eigenvalue weighted by Crippen LogP contribution is 2.52. The van der Waals surface area contributed by atoms with Crippen LogP contribution in [0.25, 0.3) is 10.9 Å². The molecule has 1 aliphatic heterocycles. The normalized spacial score (nSPS) is 26.1. The second-order valence-electron chi connectivity index (χ2n) is 5.30. The van der Waals surface area contributed by atoms with Crippen LogP contribution in [0.2, 0.25) is 0 Å². The maximum absolute atomic E-state index is 11.7. The largest absolute Gasteiger partial charge is 0.322 e. The molecule has 0 amide bonds. The Balaban J connectivity index is 2.27. The van der Waals surface area contributed by atoms with E-state index >= 15 is 0 Å². The summed E-state index contributed by atoms with van der Waals surface area (Å²) in [5.74, 6) is 0. The predicted octanol–water partition coefficient (Wildman–Crippen LogP) is 2.29. The zero-order valence-electron chi connectivity index (χ0n) is 10.3. The lowest BCUT2D eigenvalue weighted by Gasteiger charge is -2.05. The molecule has 88 valence electrons. The lowest BCUT2D eigenvalue weighted by Crippen LogP contribution is -2.08. The van der Waals surface area contributed by atoms with Crippen LogP contribution in [0.3, 0.4) is 0 Å². The van der Waals surface area contributed by atoms with Gasteiger partial charge in [0.05, 0.1) is 6.04 Å². The van der Waals surface area contributed by atoms with Gasteiger partial charge >= 0.3 is 0 Å². The third-order valence-electron chi connectivity index (χ3n) is 3.97. The number of pyridine rings is 1. The van der Waals surface area contributed by atoms with E-state index in [1.807, 2.05) is 18.2 Å². The average Bonchev–Trinajstić information content (AvgIpc) is 2.77. The second-order valence-corrected chi connectivity index (χ2v) is 5.30. The first-order chi connectivity index (χ1) is 8.01. The number of hydrogen-bond donors (Lipinski definition) is 1. The fraction of sp³-hybridized carbons (Fsp3) is 0.357. The molecule has 17 heavy (non-hydrogen) atoms. The second kappa shape index (κ2) is 3.20. The van der Waals surface area contributed by atoms with Gasteiger partial charge in [0.15, 0.2) is 0 Å². The van der Waals surface area contributed by atoms with E-state index in [-0.39, 0.29) is 11.1 Å². The van der Waals surface area contributed by atoms with Crippen LogP contribution in [0.15, 0.2) is 35.1 Å². The van der Waals surface area contributed by atoms with Crippen molar-refractivity contribution >= 4 is 10.9 Å². The summed E-state index contributed by atoms with van der Waals surface area (Å²) in [4.78, 5) is 16.8. The molecule has 2 heterocycles. The van der Waals surface area contributed by atoms with Crippen molar-refractivity contribution in [2.75, 3.05) is 7.05 Å². The van der Waals surface area contributed by atoms with Crippen molar-refractivity contribution in [3.8, 4) is 0 Å². The highest BCUT2D eigenvalue weighted by Gasteiger charge is 2.53. The molecule has 1 aromatic heterocycles. The fourth-order valence-electron chi connectivity index (χ4n) is 2.72. The van der Waals surface area contributed by atoms with Crippen LogP contribution in [0.1, 0.15) is 25.5 Å². The molecule has 1 unspecified atom stereocenters. The number of para-hydroxylation sites is 1. The molecule has 1 aliphatic rings. The van der Waals surface area contributed by atoms with E-state index in [0.29, 0.717) is 6.04 Å². The van der Waals surface area contributed by atoms with Gasteiger partial charge in [-0.15, -0.1) is 0 Å². The Labute approximate surface area is 100 Å². The molecule has 2 atom stereocenters. The Morgan fingerprint density at radius 1 is 1.29 bits per heavy atom. The zero-order valence-corrected chi connectivity index (χ0v) is 10.3. The first-order valence-electron chi connectivity index (χ1n) is 5.87. The van der Waals surface area contributed by atoms with Gasteiger partial charge in [0.1, 0.15) is 0 Å². The summed E-state index contributed by atoms with van der Waals surface area (Å²) in [6.45, 7) is 4.40. The molecule has 1 aromatic carbocycles. The molecule has 3 heteroatoms. The molecule has 2 aromatic rings. The molecular formula is C14H16N2O. The Morgan fingerprint density at radius 2 is 1.94 bits per heavy atom. The van der Waals surface area contributed by atoms with Gasteiger partial charge in [-0.05, 0) is 32.5 Å². The van der Waals surface area contributed by atoms with Crippen molar-refractivity contribution in [1.29, 1.82) is 0 Å². The molecule has 0 spiro atoms. The first-order valence-corrected chi connectivity index (χ1v) is 5.87. The quantitative estimate of drug-likeness (QED) is 0.760. The number of likely N-dealkylation sites (N-methyl/N-ethyl adjacent to an activating group) is 1. The van der Waals surface area contributed by atoms with Crippen LogP contribution in [0.5, 0.6) is 0 Å². The number of nitrogens with zero attached hydrogens (tertiary/aromatic N) is 1. The van der Waals surface area contributed by atoms with Gasteiger partial charge < -0.3 is 4.98 Å². The monoisotopic (exact) mass is 228 g/mol. The van der Waals surface area contributed by atoms with E-state index in [0.717, 1.165) is 16.5 Å². The van der Waals surface area contributed by atoms with E-state index in [1.54, 1.807) is 6.07 Å². The van der Waals surface area contributed by atoms with Crippen molar-refractivity contribution in [1.82, 2.24) is 9.88 Å². The van der Waals surface area contributed by atoms with Gasteiger partial charge in [-0.1, -0.05) is 18.2 Å². The van der Waals surface area contributed by atoms with Crippen molar-refractivity contribution in [2.45, 2.75) is 25.4 Å². The van der Waals surface area contributed by atoms with Gasteiger partial charge in [-0.3, -0.25) is 9.69 Å². The van der Waals surface area contributed by atoms with Crippen LogP contribution in [0, 0.1) is 0 Å². The van der Waals surface area contributed by atoms with Crippen molar-refractivity contribution in [3.05, 3.63) is 46.2 Å². The minimum atomic E-state index is -0.0187. The summed E-state index contributed by atoms with van der Waals surface area (Å²) in [6, 6.07) is 10.1. The number of benzene rings is 1. The van der Waals surface area contributed by atoms with Crippen molar-refractivity contribution in [2.24, 2.45) is 0 Å². The summed E-state index contributed by atoms with van der Waals surface area (Å²) in [5, 5.41) is 1.15. The molecule has 0 aliphatic carbocycles. The molecule has 3 rings (SSSR count). The molecule has 0 bridgehead atoms. The fourth-order valence-corrected chi connectivity index (χ4v) is 2.72. The van der Waals surface area contributed by atoms with E-state index < -0.39 is 0 Å². The third kappa shape index (κ3) is 1.42. The molecule has 1 fully saturated rings. The number of nitrogens with one attached hydrogen (secondary N) is 1. The maximum atomic E-state index is 11.7. The molecule has 1 saturated heterocycles. The zero-order chi connectivity index (χ0) is 12.2. The minimum Gasteiger partial charge on any atom is -0.322 e. The molecule has 0 saturated carbocycles. The van der Waals surface area contributed by atoms with Crippen LogP contribution < -0.4 is 5.56 Å². The lowest BCUT2D eigenvalue weighted by molar-refractivity contribution is 0.524. The predicted molar refractivity (Wildman–Crippen MR) is 69.2 cm³/mol. The van der Waals surface area contributed by atoms with E-state index in [9.17, 15) is 4.79 Å². The van der Waals surface area contributed by atoms with Crippen LogP contribution in [-0.2, 0) is 0 Å². The smallest absolute Gasteiger partial charge is 0.248 e. The summed E-state index contributed by atoms with van der Waals surface area (Å²) < 4.78 is 0. The molecule has 3 nitrogen and oxygen atoms in total.